The molecule has 1 aliphatic rings. The number of nitrogens with two attached hydrogens (primary N) is 1. The van der Waals surface area contributed by atoms with Gasteiger partial charge < -0.3 is 11.1 Å². The number of hydrogen-bond acceptors (Lipinski definition) is 4. The lowest BCUT2D eigenvalue weighted by atomic mass is 9.63. The van der Waals surface area contributed by atoms with Gasteiger partial charge in [0, 0.05) is 12.1 Å². The molecule has 0 saturated heterocycles. The molecule has 0 bridgehead atoms. The quantitative estimate of drug-likeness (QED) is 0.844. The van der Waals surface area contributed by atoms with Gasteiger partial charge in [-0.3, -0.25) is 0 Å². The first kappa shape index (κ1) is 13.1. The molecule has 1 aromatic rings. The molecule has 0 radical (unpaired) electrons. The van der Waals surface area contributed by atoms with Crippen LogP contribution in [0.3, 0.4) is 0 Å². The van der Waals surface area contributed by atoms with E-state index in [9.17, 15) is 0 Å². The maximum absolute atomic E-state index is 5.68. The van der Waals surface area contributed by atoms with Gasteiger partial charge in [0.05, 0.1) is 0 Å². The molecule has 0 amide bonds. The van der Waals surface area contributed by atoms with Crippen molar-refractivity contribution in [3.8, 4) is 0 Å². The van der Waals surface area contributed by atoms with Crippen molar-refractivity contribution in [2.24, 2.45) is 10.8 Å². The molecular weight excluding hydrogens is 224 g/mol. The Morgan fingerprint density at radius 2 is 1.78 bits per heavy atom. The van der Waals surface area contributed by atoms with E-state index in [1.807, 2.05) is 0 Å². The normalized spacial score (nSPS) is 22.7. The SMILES string of the molecule is CC1(C)CC(Nc2cc(N)ncn2)CC(C)(C)C1. The molecule has 100 valence electrons. The smallest absolute Gasteiger partial charge is 0.131 e. The van der Waals surface area contributed by atoms with Gasteiger partial charge in [-0.05, 0) is 30.1 Å². The van der Waals surface area contributed by atoms with Crippen LogP contribution in [0.25, 0.3) is 0 Å². The fourth-order valence-electron chi connectivity index (χ4n) is 3.61. The predicted molar refractivity (Wildman–Crippen MR) is 75.3 cm³/mol. The van der Waals surface area contributed by atoms with Crippen LogP contribution in [-0.4, -0.2) is 16.0 Å². The monoisotopic (exact) mass is 248 g/mol. The number of nitrogen functional groups attached to an aromatic ring is 1. The lowest BCUT2D eigenvalue weighted by Crippen LogP contribution is -2.40. The summed E-state index contributed by atoms with van der Waals surface area (Å²) in [4.78, 5) is 8.14. The Bertz CT molecular complexity index is 410. The van der Waals surface area contributed by atoms with Crippen LogP contribution >= 0.6 is 0 Å². The van der Waals surface area contributed by atoms with E-state index in [2.05, 4.69) is 43.0 Å². The Kier molecular flexibility index (Phi) is 3.21. The van der Waals surface area contributed by atoms with Crippen molar-refractivity contribution in [1.82, 2.24) is 9.97 Å². The van der Waals surface area contributed by atoms with Gasteiger partial charge in [0.15, 0.2) is 0 Å². The fourth-order valence-corrected chi connectivity index (χ4v) is 3.61. The van der Waals surface area contributed by atoms with Gasteiger partial charge in [-0.25, -0.2) is 9.97 Å². The number of rotatable bonds is 2. The maximum Gasteiger partial charge on any atom is 0.131 e. The van der Waals surface area contributed by atoms with Crippen LogP contribution in [0.1, 0.15) is 47.0 Å². The van der Waals surface area contributed by atoms with Gasteiger partial charge in [-0.15, -0.1) is 0 Å². The molecular formula is C14H24N4. The first-order valence-corrected chi connectivity index (χ1v) is 6.60. The number of anilines is 2. The average molecular weight is 248 g/mol. The third-order valence-electron chi connectivity index (χ3n) is 3.60. The topological polar surface area (TPSA) is 63.8 Å². The molecule has 1 heterocycles. The van der Waals surface area contributed by atoms with Crippen LogP contribution in [0.4, 0.5) is 11.6 Å². The highest BCUT2D eigenvalue weighted by molar-refractivity contribution is 5.44. The Balaban J connectivity index is 2.09. The van der Waals surface area contributed by atoms with Gasteiger partial charge in [0.2, 0.25) is 0 Å². The largest absolute Gasteiger partial charge is 0.384 e. The van der Waals surface area contributed by atoms with E-state index in [-0.39, 0.29) is 0 Å². The second-order valence-corrected chi connectivity index (χ2v) is 7.08. The van der Waals surface area contributed by atoms with Gasteiger partial charge in [0.1, 0.15) is 18.0 Å². The van der Waals surface area contributed by atoms with Crippen molar-refractivity contribution >= 4 is 11.6 Å². The van der Waals surface area contributed by atoms with E-state index in [4.69, 9.17) is 5.73 Å². The first-order chi connectivity index (χ1) is 8.26. The second-order valence-electron chi connectivity index (χ2n) is 7.08. The first-order valence-electron chi connectivity index (χ1n) is 6.60. The summed E-state index contributed by atoms with van der Waals surface area (Å²) in [5.74, 6) is 1.35. The minimum atomic E-state index is 0.373. The van der Waals surface area contributed by atoms with Crippen molar-refractivity contribution in [1.29, 1.82) is 0 Å². The highest BCUT2D eigenvalue weighted by Crippen LogP contribution is 2.46. The highest BCUT2D eigenvalue weighted by atomic mass is 15.0. The highest BCUT2D eigenvalue weighted by Gasteiger charge is 2.38. The number of nitrogens with zero attached hydrogens (tertiary/aromatic N) is 2. The Hall–Kier alpha value is -1.32. The molecule has 4 heteroatoms. The maximum atomic E-state index is 5.68. The third kappa shape index (κ3) is 3.34. The molecule has 1 aliphatic carbocycles. The van der Waals surface area contributed by atoms with E-state index in [1.54, 1.807) is 6.07 Å². The van der Waals surface area contributed by atoms with Gasteiger partial charge in [0.25, 0.3) is 0 Å². The zero-order chi connectivity index (χ0) is 13.4. The van der Waals surface area contributed by atoms with Gasteiger partial charge in [-0.1, -0.05) is 27.7 Å². The summed E-state index contributed by atoms with van der Waals surface area (Å²) in [7, 11) is 0. The summed E-state index contributed by atoms with van der Waals surface area (Å²) in [5.41, 5.74) is 6.43. The standard InChI is InChI=1S/C14H24N4/c1-13(2)6-10(7-14(3,4)8-13)18-12-5-11(15)16-9-17-12/h5,9-10H,6-8H2,1-4H3,(H3,15,16,17,18). The average Bonchev–Trinajstić information content (AvgIpc) is 2.11. The van der Waals surface area contributed by atoms with Crippen LogP contribution < -0.4 is 11.1 Å². The molecule has 3 N–H and O–H groups in total. The van der Waals surface area contributed by atoms with E-state index < -0.39 is 0 Å². The summed E-state index contributed by atoms with van der Waals surface area (Å²) in [6, 6.07) is 2.26. The predicted octanol–water partition coefficient (Wildman–Crippen LogP) is 3.08. The van der Waals surface area contributed by atoms with Crippen LogP contribution in [0.5, 0.6) is 0 Å². The summed E-state index contributed by atoms with van der Waals surface area (Å²) >= 11 is 0. The molecule has 1 saturated carbocycles. The second kappa shape index (κ2) is 4.41. The molecule has 0 aromatic carbocycles. The molecule has 1 fully saturated rings. The minimum absolute atomic E-state index is 0.373. The van der Waals surface area contributed by atoms with Crippen molar-refractivity contribution in [3.63, 3.8) is 0 Å². The molecule has 2 rings (SSSR count). The molecule has 0 atom stereocenters. The Labute approximate surface area is 109 Å². The van der Waals surface area contributed by atoms with Crippen molar-refractivity contribution in [3.05, 3.63) is 12.4 Å². The summed E-state index contributed by atoms with van der Waals surface area (Å²) < 4.78 is 0. The number of hydrogen-bond donors (Lipinski definition) is 2. The van der Waals surface area contributed by atoms with Crippen molar-refractivity contribution in [2.75, 3.05) is 11.1 Å². The van der Waals surface area contributed by atoms with E-state index >= 15 is 0 Å². The van der Waals surface area contributed by atoms with Crippen LogP contribution in [0.15, 0.2) is 12.4 Å². The van der Waals surface area contributed by atoms with Crippen molar-refractivity contribution < 1.29 is 0 Å². The zero-order valence-corrected chi connectivity index (χ0v) is 11.8. The van der Waals surface area contributed by atoms with E-state index in [1.165, 1.54) is 25.6 Å². The lowest BCUT2D eigenvalue weighted by molar-refractivity contribution is 0.105. The summed E-state index contributed by atoms with van der Waals surface area (Å²) in [6.45, 7) is 9.38. The zero-order valence-electron chi connectivity index (χ0n) is 11.8. The van der Waals surface area contributed by atoms with E-state index in [0.29, 0.717) is 22.7 Å². The Morgan fingerprint density at radius 1 is 1.17 bits per heavy atom. The van der Waals surface area contributed by atoms with Crippen molar-refractivity contribution in [2.45, 2.75) is 53.0 Å². The molecule has 0 unspecified atom stereocenters. The molecule has 18 heavy (non-hydrogen) atoms. The lowest BCUT2D eigenvalue weighted by Gasteiger charge is -2.45. The van der Waals surface area contributed by atoms with Crippen LogP contribution in [0, 0.1) is 10.8 Å². The molecule has 0 spiro atoms. The van der Waals surface area contributed by atoms with Gasteiger partial charge in [-0.2, -0.15) is 0 Å². The fraction of sp³-hybridized carbons (Fsp3) is 0.714. The summed E-state index contributed by atoms with van der Waals surface area (Å²) in [6.07, 6.45) is 5.11. The molecule has 1 aromatic heterocycles. The third-order valence-corrected chi connectivity index (χ3v) is 3.60. The Morgan fingerprint density at radius 3 is 2.33 bits per heavy atom. The van der Waals surface area contributed by atoms with E-state index in [0.717, 1.165) is 5.82 Å². The van der Waals surface area contributed by atoms with Gasteiger partial charge >= 0.3 is 0 Å². The van der Waals surface area contributed by atoms with Crippen LogP contribution in [-0.2, 0) is 0 Å². The number of nitrogens with one attached hydrogen (secondary N) is 1. The molecule has 0 aliphatic heterocycles. The summed E-state index contributed by atoms with van der Waals surface area (Å²) in [5, 5.41) is 3.50. The number of aromatic nitrogens is 2. The minimum Gasteiger partial charge on any atom is -0.384 e. The molecule has 4 nitrogen and oxygen atoms in total. The van der Waals surface area contributed by atoms with Crippen LogP contribution in [0.2, 0.25) is 0 Å².